The molecule has 1 aliphatic carbocycles. The van der Waals surface area contributed by atoms with Gasteiger partial charge >= 0.3 is 0 Å². The quantitative estimate of drug-likeness (QED) is 0.902. The van der Waals surface area contributed by atoms with Gasteiger partial charge in [0, 0.05) is 24.8 Å². The second-order valence-corrected chi connectivity index (χ2v) is 6.65. The molecular formula is C17H26N2. The van der Waals surface area contributed by atoms with Crippen molar-refractivity contribution < 1.29 is 0 Å². The van der Waals surface area contributed by atoms with Gasteiger partial charge in [0.2, 0.25) is 0 Å². The molecule has 2 fully saturated rings. The average Bonchev–Trinajstić information content (AvgIpc) is 2.91. The molecule has 3 atom stereocenters. The summed E-state index contributed by atoms with van der Waals surface area (Å²) < 4.78 is 0. The van der Waals surface area contributed by atoms with Crippen molar-refractivity contribution in [2.24, 2.45) is 17.6 Å². The molecule has 2 nitrogen and oxygen atoms in total. The zero-order valence-corrected chi connectivity index (χ0v) is 12.2. The third-order valence-corrected chi connectivity index (χ3v) is 4.96. The summed E-state index contributed by atoms with van der Waals surface area (Å²) in [4.78, 5) is 2.59. The zero-order chi connectivity index (χ0) is 13.4. The van der Waals surface area contributed by atoms with Crippen LogP contribution in [0.5, 0.6) is 0 Å². The summed E-state index contributed by atoms with van der Waals surface area (Å²) in [7, 11) is 0. The summed E-state index contributed by atoms with van der Waals surface area (Å²) >= 11 is 0. The molecule has 3 unspecified atom stereocenters. The number of aryl methyl sites for hydroxylation is 1. The van der Waals surface area contributed by atoms with Gasteiger partial charge in [-0.3, -0.25) is 0 Å². The average molecular weight is 258 g/mol. The first-order chi connectivity index (χ1) is 9.13. The van der Waals surface area contributed by atoms with Crippen LogP contribution in [0, 0.1) is 18.8 Å². The molecule has 2 N–H and O–H groups in total. The van der Waals surface area contributed by atoms with E-state index in [0.717, 1.165) is 18.3 Å². The SMILES string of the molecule is Cc1cc(N2CC3CCCC3C2)ccc1CC(C)N. The lowest BCUT2D eigenvalue weighted by Crippen LogP contribution is -2.21. The van der Waals surface area contributed by atoms with E-state index in [0.29, 0.717) is 0 Å². The highest BCUT2D eigenvalue weighted by Gasteiger charge is 2.36. The first-order valence-electron chi connectivity index (χ1n) is 7.73. The van der Waals surface area contributed by atoms with Crippen LogP contribution in [-0.2, 0) is 6.42 Å². The number of nitrogens with two attached hydrogens (primary N) is 1. The molecule has 2 heteroatoms. The van der Waals surface area contributed by atoms with Gasteiger partial charge in [0.15, 0.2) is 0 Å². The number of rotatable bonds is 3. The Balaban J connectivity index is 1.74. The van der Waals surface area contributed by atoms with Crippen molar-refractivity contribution >= 4 is 5.69 Å². The van der Waals surface area contributed by atoms with Gasteiger partial charge in [0.05, 0.1) is 0 Å². The molecule has 1 aromatic rings. The lowest BCUT2D eigenvalue weighted by Gasteiger charge is -2.21. The maximum atomic E-state index is 5.91. The van der Waals surface area contributed by atoms with Crippen molar-refractivity contribution in [1.82, 2.24) is 0 Å². The largest absolute Gasteiger partial charge is 0.371 e. The van der Waals surface area contributed by atoms with E-state index in [9.17, 15) is 0 Å². The van der Waals surface area contributed by atoms with E-state index in [2.05, 4.69) is 36.9 Å². The highest BCUT2D eigenvalue weighted by molar-refractivity contribution is 5.52. The lowest BCUT2D eigenvalue weighted by atomic mass is 10.0. The van der Waals surface area contributed by atoms with Crippen molar-refractivity contribution in [1.29, 1.82) is 0 Å². The first-order valence-corrected chi connectivity index (χ1v) is 7.73. The number of anilines is 1. The summed E-state index contributed by atoms with van der Waals surface area (Å²) in [5.74, 6) is 1.92. The van der Waals surface area contributed by atoms with E-state index in [1.807, 2.05) is 0 Å². The second kappa shape index (κ2) is 5.16. The zero-order valence-electron chi connectivity index (χ0n) is 12.2. The molecule has 0 amide bonds. The molecule has 1 heterocycles. The minimum Gasteiger partial charge on any atom is -0.371 e. The van der Waals surface area contributed by atoms with Gasteiger partial charge in [-0.2, -0.15) is 0 Å². The third-order valence-electron chi connectivity index (χ3n) is 4.96. The first kappa shape index (κ1) is 13.0. The maximum absolute atomic E-state index is 5.91. The summed E-state index contributed by atoms with van der Waals surface area (Å²) in [6, 6.07) is 7.18. The monoisotopic (exact) mass is 258 g/mol. The predicted octanol–water partition coefficient (Wildman–Crippen LogP) is 3.12. The number of nitrogens with zero attached hydrogens (tertiary/aromatic N) is 1. The summed E-state index contributed by atoms with van der Waals surface area (Å²) in [6.45, 7) is 6.85. The molecule has 104 valence electrons. The molecule has 0 radical (unpaired) electrons. The van der Waals surface area contributed by atoms with Crippen LogP contribution >= 0.6 is 0 Å². The molecule has 19 heavy (non-hydrogen) atoms. The number of benzene rings is 1. The number of hydrogen-bond acceptors (Lipinski definition) is 2. The summed E-state index contributed by atoms with van der Waals surface area (Å²) in [5.41, 5.74) is 10.1. The normalized spacial score (nSPS) is 27.6. The minimum atomic E-state index is 0.246. The van der Waals surface area contributed by atoms with Crippen molar-refractivity contribution in [3.63, 3.8) is 0 Å². The Morgan fingerprint density at radius 1 is 1.26 bits per heavy atom. The predicted molar refractivity (Wildman–Crippen MR) is 81.6 cm³/mol. The van der Waals surface area contributed by atoms with E-state index in [1.54, 1.807) is 0 Å². The molecule has 0 spiro atoms. The van der Waals surface area contributed by atoms with Gasteiger partial charge in [-0.15, -0.1) is 0 Å². The highest BCUT2D eigenvalue weighted by atomic mass is 15.2. The number of hydrogen-bond donors (Lipinski definition) is 1. The fraction of sp³-hybridized carbons (Fsp3) is 0.647. The van der Waals surface area contributed by atoms with Crippen molar-refractivity contribution in [2.75, 3.05) is 18.0 Å². The summed E-state index contributed by atoms with van der Waals surface area (Å²) in [6.07, 6.45) is 5.33. The minimum absolute atomic E-state index is 0.246. The van der Waals surface area contributed by atoms with Crippen LogP contribution in [0.4, 0.5) is 5.69 Å². The molecule has 1 saturated carbocycles. The highest BCUT2D eigenvalue weighted by Crippen LogP contribution is 2.39. The Morgan fingerprint density at radius 3 is 2.53 bits per heavy atom. The van der Waals surface area contributed by atoms with Crippen LogP contribution in [0.3, 0.4) is 0 Å². The van der Waals surface area contributed by atoms with Crippen LogP contribution in [0.15, 0.2) is 18.2 Å². The molecule has 0 bridgehead atoms. The summed E-state index contributed by atoms with van der Waals surface area (Å²) in [5, 5.41) is 0. The fourth-order valence-electron chi connectivity index (χ4n) is 3.90. The lowest BCUT2D eigenvalue weighted by molar-refractivity contribution is 0.494. The smallest absolute Gasteiger partial charge is 0.0369 e. The molecule has 2 aliphatic rings. The molecule has 1 aromatic carbocycles. The standard InChI is InChI=1S/C17H26N2/c1-12-8-17(7-6-14(12)9-13(2)18)19-10-15-4-3-5-16(15)11-19/h6-8,13,15-16H,3-5,9-11,18H2,1-2H3. The van der Waals surface area contributed by atoms with E-state index in [-0.39, 0.29) is 6.04 Å². The van der Waals surface area contributed by atoms with Gasteiger partial charge in [0.1, 0.15) is 0 Å². The van der Waals surface area contributed by atoms with E-state index in [1.165, 1.54) is 49.2 Å². The van der Waals surface area contributed by atoms with Crippen LogP contribution in [-0.4, -0.2) is 19.1 Å². The van der Waals surface area contributed by atoms with Gasteiger partial charge in [-0.05, 0) is 68.2 Å². The molecule has 1 aliphatic heterocycles. The Hall–Kier alpha value is -1.02. The maximum Gasteiger partial charge on any atom is 0.0369 e. The molecular weight excluding hydrogens is 232 g/mol. The fourth-order valence-corrected chi connectivity index (χ4v) is 3.90. The third kappa shape index (κ3) is 2.64. The van der Waals surface area contributed by atoms with Gasteiger partial charge in [-0.25, -0.2) is 0 Å². The van der Waals surface area contributed by atoms with Crippen LogP contribution < -0.4 is 10.6 Å². The van der Waals surface area contributed by atoms with Crippen LogP contribution in [0.1, 0.15) is 37.3 Å². The number of fused-ring (bicyclic) bond motifs is 1. The van der Waals surface area contributed by atoms with Crippen LogP contribution in [0.25, 0.3) is 0 Å². The Morgan fingerprint density at radius 2 is 1.95 bits per heavy atom. The van der Waals surface area contributed by atoms with Gasteiger partial charge in [0.25, 0.3) is 0 Å². The van der Waals surface area contributed by atoms with Crippen molar-refractivity contribution in [3.05, 3.63) is 29.3 Å². The second-order valence-electron chi connectivity index (χ2n) is 6.65. The van der Waals surface area contributed by atoms with E-state index < -0.39 is 0 Å². The van der Waals surface area contributed by atoms with Gasteiger partial charge < -0.3 is 10.6 Å². The van der Waals surface area contributed by atoms with Crippen molar-refractivity contribution in [2.45, 2.75) is 45.6 Å². The van der Waals surface area contributed by atoms with Gasteiger partial charge in [-0.1, -0.05) is 12.5 Å². The van der Waals surface area contributed by atoms with Crippen LogP contribution in [0.2, 0.25) is 0 Å². The molecule has 3 rings (SSSR count). The van der Waals surface area contributed by atoms with E-state index >= 15 is 0 Å². The molecule has 1 saturated heterocycles. The Bertz CT molecular complexity index is 441. The Kier molecular flexibility index (Phi) is 3.53. The topological polar surface area (TPSA) is 29.3 Å². The van der Waals surface area contributed by atoms with Crippen molar-refractivity contribution in [3.8, 4) is 0 Å². The Labute approximate surface area is 117 Å². The molecule has 0 aromatic heterocycles. The van der Waals surface area contributed by atoms with E-state index in [4.69, 9.17) is 5.73 Å².